The fourth-order valence-electron chi connectivity index (χ4n) is 3.12. The zero-order valence-electron chi connectivity index (χ0n) is 14.6. The van der Waals surface area contributed by atoms with E-state index in [1.807, 2.05) is 4.98 Å². The van der Waals surface area contributed by atoms with Crippen molar-refractivity contribution < 1.29 is 27.6 Å². The topological polar surface area (TPSA) is 112 Å². The molecule has 2 N–H and O–H groups in total. The zero-order chi connectivity index (χ0) is 20.8. The van der Waals surface area contributed by atoms with Gasteiger partial charge in [0.2, 0.25) is 0 Å². The molecule has 0 unspecified atom stereocenters. The number of H-pyrrole nitrogens is 1. The molecule has 3 heterocycles. The maximum absolute atomic E-state index is 13.5. The second-order valence-electron chi connectivity index (χ2n) is 6.52. The Bertz CT molecular complexity index is 1050. The quantitative estimate of drug-likeness (QED) is 0.662. The monoisotopic (exact) mass is 468 g/mol. The van der Waals surface area contributed by atoms with E-state index in [0.717, 1.165) is 10.8 Å². The van der Waals surface area contributed by atoms with Crippen LogP contribution in [0.5, 0.6) is 0 Å². The van der Waals surface area contributed by atoms with Crippen molar-refractivity contribution in [2.24, 2.45) is 0 Å². The normalized spacial score (nSPS) is 26.8. The second-order valence-corrected chi connectivity index (χ2v) is 9.23. The Balaban J connectivity index is 1.44. The van der Waals surface area contributed by atoms with Gasteiger partial charge in [-0.05, 0) is 0 Å². The zero-order valence-corrected chi connectivity index (χ0v) is 17.2. The Labute approximate surface area is 173 Å². The molecule has 2 aliphatic heterocycles. The van der Waals surface area contributed by atoms with Gasteiger partial charge in [-0.25, -0.2) is 0 Å². The van der Waals surface area contributed by atoms with Crippen LogP contribution >= 0.6 is 31.4 Å². The van der Waals surface area contributed by atoms with E-state index in [9.17, 15) is 18.9 Å². The summed E-state index contributed by atoms with van der Waals surface area (Å²) in [6.45, 7) is -0.107. The molecule has 4 rings (SSSR count). The Hall–Kier alpha value is -1.36. The predicted molar refractivity (Wildman–Crippen MR) is 102 cm³/mol. The first-order valence-electron chi connectivity index (χ1n) is 8.52. The molecule has 2 aliphatic rings. The molecule has 0 amide bonds. The summed E-state index contributed by atoms with van der Waals surface area (Å²) in [7, 11) is -4.00. The Morgan fingerprint density at radius 2 is 2.14 bits per heavy atom. The minimum absolute atomic E-state index is 0.0428. The van der Waals surface area contributed by atoms with Gasteiger partial charge < -0.3 is 0 Å². The molecular weight excluding hydrogens is 453 g/mol. The van der Waals surface area contributed by atoms with Crippen molar-refractivity contribution in [3.8, 4) is 0 Å². The van der Waals surface area contributed by atoms with Crippen molar-refractivity contribution in [2.75, 3.05) is 6.61 Å². The molecule has 2 saturated heterocycles. The third-order valence-corrected chi connectivity index (χ3v) is 6.80. The fourth-order valence-corrected chi connectivity index (χ4v) is 5.14. The molecule has 9 nitrogen and oxygen atoms in total. The van der Waals surface area contributed by atoms with Gasteiger partial charge in [-0.3, -0.25) is 0 Å². The van der Waals surface area contributed by atoms with Crippen molar-refractivity contribution in [3.05, 3.63) is 66.7 Å². The van der Waals surface area contributed by atoms with Crippen molar-refractivity contribution in [1.82, 2.24) is 9.55 Å². The van der Waals surface area contributed by atoms with Gasteiger partial charge in [0.05, 0.1) is 0 Å². The van der Waals surface area contributed by atoms with Crippen LogP contribution in [0.25, 0.3) is 0 Å². The summed E-state index contributed by atoms with van der Waals surface area (Å²) in [5.74, 6) is -1.12. The summed E-state index contributed by atoms with van der Waals surface area (Å²) in [5, 5.41) is 0.832. The van der Waals surface area contributed by atoms with Crippen molar-refractivity contribution in [2.45, 2.75) is 31.5 Å². The summed E-state index contributed by atoms with van der Waals surface area (Å²) in [6.07, 6.45) is -1.24. The van der Waals surface area contributed by atoms with Gasteiger partial charge in [-0.2, -0.15) is 0 Å². The van der Waals surface area contributed by atoms with Gasteiger partial charge in [0, 0.05) is 0 Å². The van der Waals surface area contributed by atoms with E-state index >= 15 is 0 Å². The third-order valence-electron chi connectivity index (χ3n) is 4.57. The molecular formula is C16H16Cl2FN2O7P. The number of aromatic amines is 1. The minimum atomic E-state index is -4.00. The Morgan fingerprint density at radius 1 is 1.34 bits per heavy atom. The van der Waals surface area contributed by atoms with Crippen LogP contribution in [0.15, 0.2) is 34.0 Å². The second kappa shape index (κ2) is 8.05. The Kier molecular flexibility index (Phi) is 5.80. The first-order chi connectivity index (χ1) is 13.7. The van der Waals surface area contributed by atoms with Gasteiger partial charge in [0.1, 0.15) is 0 Å². The van der Waals surface area contributed by atoms with Crippen molar-refractivity contribution >= 4 is 31.4 Å². The van der Waals surface area contributed by atoms with Gasteiger partial charge in [-0.1, -0.05) is 0 Å². The van der Waals surface area contributed by atoms with Gasteiger partial charge in [0.25, 0.3) is 0 Å². The van der Waals surface area contributed by atoms with E-state index in [0.29, 0.717) is 15.6 Å². The molecule has 3 atom stereocenters. The average Bonchev–Trinajstić information content (AvgIpc) is 3.06. The number of hydrogen-bond acceptors (Lipinski definition) is 7. The van der Waals surface area contributed by atoms with E-state index in [4.69, 9.17) is 41.5 Å². The molecule has 0 radical (unpaired) electrons. The number of fused-ring (bicyclic) bond motifs is 1. The molecule has 158 valence electrons. The van der Waals surface area contributed by atoms with E-state index < -0.39 is 43.7 Å². The maximum atomic E-state index is 13.5. The first-order valence-corrected chi connectivity index (χ1v) is 11.0. The van der Waals surface area contributed by atoms with E-state index in [1.165, 1.54) is 0 Å². The number of nitrogens with zero attached hydrogens (tertiary/aromatic N) is 1. The molecule has 0 spiro atoms. The van der Waals surface area contributed by atoms with Crippen LogP contribution < -0.4 is 11.2 Å². The molecule has 1 aromatic heterocycles. The summed E-state index contributed by atoms with van der Waals surface area (Å²) in [6, 6.07) is 4.83. The predicted octanol–water partition coefficient (Wildman–Crippen LogP) is 2.30. The number of nitrogens with one attached hydrogen (secondary N) is 1. The third kappa shape index (κ3) is 4.40. The molecule has 2 fully saturated rings. The number of rotatable bonds is 4. The average molecular weight is 469 g/mol. The van der Waals surface area contributed by atoms with Gasteiger partial charge >= 0.3 is 173 Å². The summed E-state index contributed by atoms with van der Waals surface area (Å²) >= 11 is 11.9. The van der Waals surface area contributed by atoms with Crippen LogP contribution in [0.2, 0.25) is 10.0 Å². The fraction of sp³-hybridized carbons (Fsp3) is 0.375. The van der Waals surface area contributed by atoms with Gasteiger partial charge in [-0.15, -0.1) is 0 Å². The summed E-state index contributed by atoms with van der Waals surface area (Å²) in [4.78, 5) is 35.6. The Morgan fingerprint density at radius 3 is 2.90 bits per heavy atom. The molecule has 0 saturated carbocycles. The number of benzene rings is 1. The molecule has 0 aliphatic carbocycles. The van der Waals surface area contributed by atoms with Crippen molar-refractivity contribution in [3.63, 3.8) is 0 Å². The van der Waals surface area contributed by atoms with E-state index in [2.05, 4.69) is 0 Å². The number of aromatic nitrogens is 2. The van der Waals surface area contributed by atoms with Crippen molar-refractivity contribution in [1.29, 1.82) is 0 Å². The first kappa shape index (κ1) is 20.9. The SMILES string of the molecule is O=c1[nH]c(=O)n([C@H]2C[C@@H]3O[PH](O)(OCc4ccc(Cl)cc4Cl)OC[C@H]3O2)cc1F. The summed E-state index contributed by atoms with van der Waals surface area (Å²) in [5.41, 5.74) is -1.35. The van der Waals surface area contributed by atoms with Crippen LogP contribution in [-0.4, -0.2) is 33.3 Å². The molecule has 13 heteroatoms. The number of halogens is 3. The van der Waals surface area contributed by atoms with Gasteiger partial charge in [0.15, 0.2) is 0 Å². The van der Waals surface area contributed by atoms with E-state index in [-0.39, 0.29) is 19.6 Å². The van der Waals surface area contributed by atoms with Crippen LogP contribution in [0.1, 0.15) is 18.2 Å². The van der Waals surface area contributed by atoms with Crippen LogP contribution in [-0.2, 0) is 24.9 Å². The standard InChI is InChI=1S/C16H16Cl2FN2O7P/c17-9-2-1-8(10(18)3-9)6-25-29(24)26-7-13-12(28-29)4-14(27-13)21-5-11(19)15(22)20-16(21)23/h1-3,5,12-14,24,29H,4,6-7H2,(H,20,22,23)/t12-,13+,14+/m0/s1. The van der Waals surface area contributed by atoms with Crippen LogP contribution in [0.4, 0.5) is 4.39 Å². The summed E-state index contributed by atoms with van der Waals surface area (Å²) < 4.78 is 36.6. The molecule has 1 aromatic carbocycles. The molecule has 29 heavy (non-hydrogen) atoms. The van der Waals surface area contributed by atoms with Crippen LogP contribution in [0, 0.1) is 5.82 Å². The number of ether oxygens (including phenoxy) is 1. The van der Waals surface area contributed by atoms with Crippen LogP contribution in [0.3, 0.4) is 0 Å². The molecule has 0 bridgehead atoms. The molecule has 2 aromatic rings. The van der Waals surface area contributed by atoms with E-state index in [1.54, 1.807) is 18.2 Å². The number of hydrogen-bond donors (Lipinski definition) is 2.